The van der Waals surface area contributed by atoms with Gasteiger partial charge in [-0.15, -0.1) is 0 Å². The third kappa shape index (κ3) is 4.43. The molecule has 1 aliphatic heterocycles. The normalized spacial score (nSPS) is 31.7. The molecule has 3 unspecified atom stereocenters. The van der Waals surface area contributed by atoms with E-state index in [0.29, 0.717) is 12.5 Å². The minimum Gasteiger partial charge on any atom is -0.392 e. The number of aliphatic hydroxyl groups excluding tert-OH is 1. The number of hydrogen-bond acceptors (Lipinski definition) is 4. The fourth-order valence-electron chi connectivity index (χ4n) is 3.18. The summed E-state index contributed by atoms with van der Waals surface area (Å²) in [5, 5.41) is 12.7. The molecule has 0 spiro atoms. The molecule has 1 heterocycles. The molecule has 1 saturated heterocycles. The van der Waals surface area contributed by atoms with Crippen LogP contribution in [0.2, 0.25) is 0 Å². The van der Waals surface area contributed by atoms with Crippen molar-refractivity contribution in [3.63, 3.8) is 0 Å². The van der Waals surface area contributed by atoms with E-state index >= 15 is 0 Å². The summed E-state index contributed by atoms with van der Waals surface area (Å²) in [6.45, 7) is 8.65. The highest BCUT2D eigenvalue weighted by Gasteiger charge is 2.32. The molecular formula is C15H28N2O3. The summed E-state index contributed by atoms with van der Waals surface area (Å²) in [5.74, 6) is 0.418. The standard InChI is InChI=1S/C15H28N2O3/c1-11(2)9-17-6-7-20-12(10-17)8-16-15(19)13-4-3-5-14(13)18/h11-14,18H,3-10H2,1-2H3,(H,16,19). The lowest BCUT2D eigenvalue weighted by Crippen LogP contribution is -2.49. The molecule has 1 amide bonds. The average molecular weight is 284 g/mol. The van der Waals surface area contributed by atoms with E-state index in [0.717, 1.165) is 45.5 Å². The van der Waals surface area contributed by atoms with Gasteiger partial charge in [0.1, 0.15) is 0 Å². The Balaban J connectivity index is 1.71. The molecule has 5 heteroatoms. The predicted octanol–water partition coefficient (Wildman–Crippen LogP) is 0.620. The third-order valence-corrected chi connectivity index (χ3v) is 4.17. The molecule has 2 N–H and O–H groups in total. The van der Waals surface area contributed by atoms with Gasteiger partial charge in [0.25, 0.3) is 0 Å². The second-order valence-corrected chi connectivity index (χ2v) is 6.50. The number of morpholine rings is 1. The van der Waals surface area contributed by atoms with Crippen LogP contribution in [0.4, 0.5) is 0 Å². The molecule has 1 aliphatic carbocycles. The number of aliphatic hydroxyl groups is 1. The molecule has 20 heavy (non-hydrogen) atoms. The van der Waals surface area contributed by atoms with E-state index in [-0.39, 0.29) is 17.9 Å². The highest BCUT2D eigenvalue weighted by Crippen LogP contribution is 2.25. The Morgan fingerprint density at radius 1 is 1.45 bits per heavy atom. The lowest BCUT2D eigenvalue weighted by Gasteiger charge is -2.34. The number of carbonyl (C=O) groups excluding carboxylic acids is 1. The maximum atomic E-state index is 12.0. The molecule has 3 atom stereocenters. The van der Waals surface area contributed by atoms with Gasteiger partial charge in [0.05, 0.1) is 24.7 Å². The summed E-state index contributed by atoms with van der Waals surface area (Å²) in [6, 6.07) is 0. The number of nitrogens with one attached hydrogen (secondary N) is 1. The van der Waals surface area contributed by atoms with Gasteiger partial charge in [0.15, 0.2) is 0 Å². The van der Waals surface area contributed by atoms with Crippen molar-refractivity contribution in [3.8, 4) is 0 Å². The van der Waals surface area contributed by atoms with Gasteiger partial charge < -0.3 is 15.2 Å². The molecule has 0 aromatic heterocycles. The first-order valence-electron chi connectivity index (χ1n) is 7.86. The number of nitrogens with zero attached hydrogens (tertiary/aromatic N) is 1. The van der Waals surface area contributed by atoms with E-state index in [1.165, 1.54) is 0 Å². The summed E-state index contributed by atoms with van der Waals surface area (Å²) >= 11 is 0. The number of rotatable bonds is 5. The molecule has 0 radical (unpaired) electrons. The van der Waals surface area contributed by atoms with Crippen LogP contribution in [0.3, 0.4) is 0 Å². The first-order chi connectivity index (χ1) is 9.56. The van der Waals surface area contributed by atoms with Crippen LogP contribution in [-0.4, -0.2) is 60.9 Å². The first-order valence-corrected chi connectivity index (χ1v) is 7.86. The highest BCUT2D eigenvalue weighted by atomic mass is 16.5. The lowest BCUT2D eigenvalue weighted by atomic mass is 10.1. The third-order valence-electron chi connectivity index (χ3n) is 4.17. The van der Waals surface area contributed by atoms with Crippen molar-refractivity contribution < 1.29 is 14.6 Å². The van der Waals surface area contributed by atoms with Crippen LogP contribution in [0.1, 0.15) is 33.1 Å². The summed E-state index contributed by atoms with van der Waals surface area (Å²) < 4.78 is 5.71. The van der Waals surface area contributed by atoms with E-state index in [2.05, 4.69) is 24.1 Å². The number of carbonyl (C=O) groups is 1. The Morgan fingerprint density at radius 2 is 2.25 bits per heavy atom. The van der Waals surface area contributed by atoms with Crippen molar-refractivity contribution in [1.29, 1.82) is 0 Å². The fraction of sp³-hybridized carbons (Fsp3) is 0.933. The van der Waals surface area contributed by atoms with Crippen molar-refractivity contribution in [1.82, 2.24) is 10.2 Å². The zero-order valence-corrected chi connectivity index (χ0v) is 12.7. The van der Waals surface area contributed by atoms with Gasteiger partial charge in [0, 0.05) is 26.2 Å². The van der Waals surface area contributed by atoms with Gasteiger partial charge in [-0.3, -0.25) is 9.69 Å². The van der Waals surface area contributed by atoms with E-state index in [4.69, 9.17) is 4.74 Å². The summed E-state index contributed by atoms with van der Waals surface area (Å²) in [6.07, 6.45) is 2.12. The van der Waals surface area contributed by atoms with E-state index in [1.807, 2.05) is 0 Å². The largest absolute Gasteiger partial charge is 0.392 e. The monoisotopic (exact) mass is 284 g/mol. The molecular weight excluding hydrogens is 256 g/mol. The minimum absolute atomic E-state index is 0.0143. The molecule has 0 aromatic carbocycles. The number of hydrogen-bond donors (Lipinski definition) is 2. The summed E-state index contributed by atoms with van der Waals surface area (Å²) in [4.78, 5) is 14.4. The van der Waals surface area contributed by atoms with Gasteiger partial charge in [-0.1, -0.05) is 13.8 Å². The average Bonchev–Trinajstić information content (AvgIpc) is 2.82. The van der Waals surface area contributed by atoms with Crippen LogP contribution in [0, 0.1) is 11.8 Å². The van der Waals surface area contributed by atoms with Crippen molar-refractivity contribution in [2.24, 2.45) is 11.8 Å². The van der Waals surface area contributed by atoms with Crippen LogP contribution in [0.5, 0.6) is 0 Å². The zero-order chi connectivity index (χ0) is 14.5. The van der Waals surface area contributed by atoms with Crippen molar-refractivity contribution in [2.45, 2.75) is 45.3 Å². The van der Waals surface area contributed by atoms with E-state index < -0.39 is 6.10 Å². The lowest BCUT2D eigenvalue weighted by molar-refractivity contribution is -0.128. The van der Waals surface area contributed by atoms with Crippen LogP contribution in [0.25, 0.3) is 0 Å². The quantitative estimate of drug-likeness (QED) is 0.777. The maximum absolute atomic E-state index is 12.0. The second kappa shape index (κ2) is 7.38. The Hall–Kier alpha value is -0.650. The number of ether oxygens (including phenoxy) is 1. The Labute approximate surface area is 121 Å². The summed E-state index contributed by atoms with van der Waals surface area (Å²) in [7, 11) is 0. The predicted molar refractivity (Wildman–Crippen MR) is 77.4 cm³/mol. The second-order valence-electron chi connectivity index (χ2n) is 6.50. The van der Waals surface area contributed by atoms with Gasteiger partial charge in [0.2, 0.25) is 5.91 Å². The van der Waals surface area contributed by atoms with Crippen molar-refractivity contribution >= 4 is 5.91 Å². The van der Waals surface area contributed by atoms with Gasteiger partial charge >= 0.3 is 0 Å². The van der Waals surface area contributed by atoms with Gasteiger partial charge in [-0.05, 0) is 25.2 Å². The number of amides is 1. The molecule has 2 rings (SSSR count). The van der Waals surface area contributed by atoms with Crippen LogP contribution >= 0.6 is 0 Å². The zero-order valence-electron chi connectivity index (χ0n) is 12.7. The van der Waals surface area contributed by atoms with Gasteiger partial charge in [-0.25, -0.2) is 0 Å². The van der Waals surface area contributed by atoms with Crippen molar-refractivity contribution in [3.05, 3.63) is 0 Å². The molecule has 0 aromatic rings. The molecule has 1 saturated carbocycles. The maximum Gasteiger partial charge on any atom is 0.225 e. The molecule has 116 valence electrons. The Morgan fingerprint density at radius 3 is 2.90 bits per heavy atom. The van der Waals surface area contributed by atoms with E-state index in [9.17, 15) is 9.90 Å². The molecule has 0 bridgehead atoms. The Bertz CT molecular complexity index is 322. The molecule has 2 fully saturated rings. The Kier molecular flexibility index (Phi) is 5.81. The van der Waals surface area contributed by atoms with Crippen molar-refractivity contribution in [2.75, 3.05) is 32.8 Å². The topological polar surface area (TPSA) is 61.8 Å². The highest BCUT2D eigenvalue weighted by molar-refractivity contribution is 5.79. The minimum atomic E-state index is -0.459. The first kappa shape index (κ1) is 15.7. The van der Waals surface area contributed by atoms with Gasteiger partial charge in [-0.2, -0.15) is 0 Å². The van der Waals surface area contributed by atoms with Crippen LogP contribution in [-0.2, 0) is 9.53 Å². The molecule has 2 aliphatic rings. The summed E-state index contributed by atoms with van der Waals surface area (Å²) in [5.41, 5.74) is 0. The smallest absolute Gasteiger partial charge is 0.225 e. The van der Waals surface area contributed by atoms with Crippen LogP contribution < -0.4 is 5.32 Å². The van der Waals surface area contributed by atoms with E-state index in [1.54, 1.807) is 0 Å². The SMILES string of the molecule is CC(C)CN1CCOC(CNC(=O)C2CCCC2O)C1. The fourth-order valence-corrected chi connectivity index (χ4v) is 3.18. The molecule has 5 nitrogen and oxygen atoms in total. The van der Waals surface area contributed by atoms with Crippen LogP contribution in [0.15, 0.2) is 0 Å².